The van der Waals surface area contributed by atoms with Crippen molar-refractivity contribution in [2.24, 2.45) is 0 Å². The van der Waals surface area contributed by atoms with E-state index in [-0.39, 0.29) is 11.7 Å². The SMILES string of the molecule is CC(=O)c1ccc(N2CCN(C(=O)c3csc(-c4cc5ccccc5[nH]4)n3)CC2)cc1. The molecule has 2 aromatic heterocycles. The van der Waals surface area contributed by atoms with Gasteiger partial charge in [-0.05, 0) is 43.3 Å². The number of fused-ring (bicyclic) bond motifs is 1. The van der Waals surface area contributed by atoms with Gasteiger partial charge in [0, 0.05) is 53.7 Å². The molecule has 0 bridgehead atoms. The van der Waals surface area contributed by atoms with Crippen LogP contribution < -0.4 is 4.90 Å². The van der Waals surface area contributed by atoms with Gasteiger partial charge in [-0.1, -0.05) is 18.2 Å². The first-order chi connectivity index (χ1) is 15.1. The second kappa shape index (κ2) is 8.00. The lowest BCUT2D eigenvalue weighted by molar-refractivity contribution is 0.0741. The largest absolute Gasteiger partial charge is 0.368 e. The molecule has 1 N–H and O–H groups in total. The van der Waals surface area contributed by atoms with Gasteiger partial charge in [-0.15, -0.1) is 11.3 Å². The predicted molar refractivity (Wildman–Crippen MR) is 124 cm³/mol. The molecule has 5 rings (SSSR count). The second-order valence-corrected chi connectivity index (χ2v) is 8.55. The first-order valence-electron chi connectivity index (χ1n) is 10.3. The van der Waals surface area contributed by atoms with E-state index in [0.29, 0.717) is 24.3 Å². The third-order valence-electron chi connectivity index (χ3n) is 5.69. The number of benzene rings is 2. The van der Waals surface area contributed by atoms with Crippen molar-refractivity contribution in [1.29, 1.82) is 0 Å². The summed E-state index contributed by atoms with van der Waals surface area (Å²) in [5, 5.41) is 3.80. The van der Waals surface area contributed by atoms with Crippen LogP contribution in [0.5, 0.6) is 0 Å². The van der Waals surface area contributed by atoms with Crippen molar-refractivity contribution in [3.05, 3.63) is 71.2 Å². The van der Waals surface area contributed by atoms with Gasteiger partial charge in [0.2, 0.25) is 0 Å². The van der Waals surface area contributed by atoms with Crippen molar-refractivity contribution in [3.8, 4) is 10.7 Å². The number of hydrogen-bond donors (Lipinski definition) is 1. The Kier molecular flexibility index (Phi) is 5.03. The van der Waals surface area contributed by atoms with Crippen molar-refractivity contribution in [2.75, 3.05) is 31.1 Å². The van der Waals surface area contributed by atoms with Gasteiger partial charge < -0.3 is 14.8 Å². The predicted octanol–water partition coefficient (Wildman–Crippen LogP) is 4.46. The van der Waals surface area contributed by atoms with Crippen molar-refractivity contribution in [3.63, 3.8) is 0 Å². The molecule has 4 aromatic rings. The zero-order valence-corrected chi connectivity index (χ0v) is 18.0. The number of para-hydroxylation sites is 1. The van der Waals surface area contributed by atoms with E-state index in [4.69, 9.17) is 0 Å². The number of anilines is 1. The molecular formula is C24H22N4O2S. The Hall–Kier alpha value is -3.45. The Labute approximate surface area is 184 Å². The normalized spacial score (nSPS) is 14.2. The number of aromatic nitrogens is 2. The Morgan fingerprint density at radius 1 is 1.00 bits per heavy atom. The summed E-state index contributed by atoms with van der Waals surface area (Å²) in [5.74, 6) is 0.0437. The third-order valence-corrected chi connectivity index (χ3v) is 6.57. The van der Waals surface area contributed by atoms with Crippen molar-refractivity contribution in [2.45, 2.75) is 6.92 Å². The lowest BCUT2D eigenvalue weighted by Crippen LogP contribution is -2.48. The summed E-state index contributed by atoms with van der Waals surface area (Å²) in [6.07, 6.45) is 0. The van der Waals surface area contributed by atoms with Crippen LogP contribution in [0.2, 0.25) is 0 Å². The molecule has 0 radical (unpaired) electrons. The monoisotopic (exact) mass is 430 g/mol. The molecule has 1 fully saturated rings. The average molecular weight is 431 g/mol. The molecule has 0 spiro atoms. The van der Waals surface area contributed by atoms with Crippen LogP contribution in [0.4, 0.5) is 5.69 Å². The lowest BCUT2D eigenvalue weighted by atomic mass is 10.1. The molecule has 0 atom stereocenters. The highest BCUT2D eigenvalue weighted by molar-refractivity contribution is 7.13. The summed E-state index contributed by atoms with van der Waals surface area (Å²) in [4.78, 5) is 36.5. The lowest BCUT2D eigenvalue weighted by Gasteiger charge is -2.35. The summed E-state index contributed by atoms with van der Waals surface area (Å²) in [6.45, 7) is 4.37. The number of Topliss-reactive ketones (excluding diaryl/α,β-unsaturated/α-hetero) is 1. The van der Waals surface area contributed by atoms with E-state index in [1.54, 1.807) is 6.92 Å². The van der Waals surface area contributed by atoms with Crippen molar-refractivity contribution < 1.29 is 9.59 Å². The van der Waals surface area contributed by atoms with Gasteiger partial charge in [-0.3, -0.25) is 9.59 Å². The minimum absolute atomic E-state index is 0.0230. The molecule has 6 nitrogen and oxygen atoms in total. The minimum Gasteiger partial charge on any atom is -0.368 e. The fourth-order valence-electron chi connectivity index (χ4n) is 3.92. The fraction of sp³-hybridized carbons (Fsp3) is 0.208. The molecule has 0 saturated carbocycles. The fourth-order valence-corrected chi connectivity index (χ4v) is 4.69. The number of carbonyl (C=O) groups is 2. The Bertz CT molecular complexity index is 1220. The number of aromatic amines is 1. The van der Waals surface area contributed by atoms with Crippen LogP contribution in [0.25, 0.3) is 21.6 Å². The zero-order chi connectivity index (χ0) is 21.4. The molecule has 7 heteroatoms. The molecule has 2 aromatic carbocycles. The van der Waals surface area contributed by atoms with E-state index in [1.165, 1.54) is 11.3 Å². The zero-order valence-electron chi connectivity index (χ0n) is 17.2. The molecule has 3 heterocycles. The van der Waals surface area contributed by atoms with Gasteiger partial charge in [0.1, 0.15) is 10.7 Å². The number of amides is 1. The molecular weight excluding hydrogens is 408 g/mol. The maximum atomic E-state index is 13.0. The number of piperazine rings is 1. The van der Waals surface area contributed by atoms with Crippen molar-refractivity contribution >= 4 is 39.6 Å². The van der Waals surface area contributed by atoms with E-state index in [2.05, 4.69) is 27.0 Å². The highest BCUT2D eigenvalue weighted by atomic mass is 32.1. The molecule has 31 heavy (non-hydrogen) atoms. The summed E-state index contributed by atoms with van der Waals surface area (Å²) in [7, 11) is 0. The second-order valence-electron chi connectivity index (χ2n) is 7.69. The quantitative estimate of drug-likeness (QED) is 0.486. The average Bonchev–Trinajstić information content (AvgIpc) is 3.46. The summed E-state index contributed by atoms with van der Waals surface area (Å²) in [5.41, 5.74) is 4.29. The molecule has 1 saturated heterocycles. The van der Waals surface area contributed by atoms with E-state index in [9.17, 15) is 9.59 Å². The van der Waals surface area contributed by atoms with Gasteiger partial charge in [0.15, 0.2) is 5.78 Å². The van der Waals surface area contributed by atoms with Gasteiger partial charge >= 0.3 is 0 Å². The highest BCUT2D eigenvalue weighted by Gasteiger charge is 2.24. The summed E-state index contributed by atoms with van der Waals surface area (Å²) >= 11 is 1.48. The number of carbonyl (C=O) groups excluding carboxylic acids is 2. The molecule has 1 amide bonds. The van der Waals surface area contributed by atoms with Crippen LogP contribution in [0, 0.1) is 0 Å². The van der Waals surface area contributed by atoms with Crippen LogP contribution in [0.1, 0.15) is 27.8 Å². The maximum Gasteiger partial charge on any atom is 0.273 e. The molecule has 0 aliphatic carbocycles. The van der Waals surface area contributed by atoms with Gasteiger partial charge in [0.05, 0.1) is 5.69 Å². The standard InChI is InChI=1S/C24H22N4O2S/c1-16(29)17-6-8-19(9-7-17)27-10-12-28(13-11-27)24(30)22-15-31-23(26-22)21-14-18-4-2-3-5-20(18)25-21/h2-9,14-15,25H,10-13H2,1H3. The number of thiazole rings is 1. The highest BCUT2D eigenvalue weighted by Crippen LogP contribution is 2.27. The van der Waals surface area contributed by atoms with Gasteiger partial charge in [-0.25, -0.2) is 4.98 Å². The number of H-pyrrole nitrogens is 1. The van der Waals surface area contributed by atoms with Crippen LogP contribution >= 0.6 is 11.3 Å². The molecule has 156 valence electrons. The van der Waals surface area contributed by atoms with Gasteiger partial charge in [-0.2, -0.15) is 0 Å². The first-order valence-corrected chi connectivity index (χ1v) is 11.2. The Morgan fingerprint density at radius 2 is 1.74 bits per heavy atom. The number of nitrogens with zero attached hydrogens (tertiary/aromatic N) is 3. The van der Waals surface area contributed by atoms with E-state index < -0.39 is 0 Å². The van der Waals surface area contributed by atoms with Crippen LogP contribution in [-0.4, -0.2) is 52.7 Å². The smallest absolute Gasteiger partial charge is 0.273 e. The van der Waals surface area contributed by atoms with Crippen molar-refractivity contribution in [1.82, 2.24) is 14.9 Å². The Balaban J connectivity index is 1.25. The number of rotatable bonds is 4. The van der Waals surface area contributed by atoms with Crippen LogP contribution in [0.15, 0.2) is 60.0 Å². The number of nitrogens with one attached hydrogen (secondary N) is 1. The van der Waals surface area contributed by atoms with Gasteiger partial charge in [0.25, 0.3) is 5.91 Å². The summed E-state index contributed by atoms with van der Waals surface area (Å²) < 4.78 is 0. The number of ketones is 1. The van der Waals surface area contributed by atoms with E-state index in [0.717, 1.165) is 40.4 Å². The molecule has 0 unspecified atom stereocenters. The third kappa shape index (κ3) is 3.84. The van der Waals surface area contributed by atoms with Crippen LogP contribution in [-0.2, 0) is 0 Å². The maximum absolute atomic E-state index is 13.0. The summed E-state index contributed by atoms with van der Waals surface area (Å²) in [6, 6.07) is 17.8. The molecule has 1 aliphatic heterocycles. The van der Waals surface area contributed by atoms with Crippen LogP contribution in [0.3, 0.4) is 0 Å². The Morgan fingerprint density at radius 3 is 2.45 bits per heavy atom. The first kappa shape index (κ1) is 19.5. The topological polar surface area (TPSA) is 69.3 Å². The number of hydrogen-bond acceptors (Lipinski definition) is 5. The minimum atomic E-state index is -0.0230. The van der Waals surface area contributed by atoms with E-state index >= 15 is 0 Å². The van der Waals surface area contributed by atoms with E-state index in [1.807, 2.05) is 52.7 Å². The molecule has 1 aliphatic rings.